The Morgan fingerprint density at radius 2 is 1.67 bits per heavy atom. The van der Waals surface area contributed by atoms with E-state index in [1.807, 2.05) is 0 Å². The second-order valence-electron chi connectivity index (χ2n) is 5.33. The van der Waals surface area contributed by atoms with Gasteiger partial charge in [-0.1, -0.05) is 11.6 Å². The molecule has 0 aliphatic rings. The van der Waals surface area contributed by atoms with Gasteiger partial charge < -0.3 is 15.0 Å². The Morgan fingerprint density at radius 1 is 1.08 bits per heavy atom. The van der Waals surface area contributed by atoms with Crippen LogP contribution in [0.1, 0.15) is 13.8 Å². The molecular weight excluding hydrogens is 328 g/mol. The number of carbonyl (C=O) groups excluding carboxylic acids is 2. The summed E-state index contributed by atoms with van der Waals surface area (Å²) in [7, 11) is 1.69. The molecule has 126 valence electrons. The highest BCUT2D eigenvalue weighted by molar-refractivity contribution is 6.30. The maximum Gasteiger partial charge on any atom is 0.265 e. The lowest BCUT2D eigenvalue weighted by molar-refractivity contribution is -0.122. The fraction of sp³-hybridized carbons (Fsp3) is 0.222. The maximum absolute atomic E-state index is 12.2. The first kappa shape index (κ1) is 17.8. The number of rotatable bonds is 5. The average molecular weight is 347 g/mol. The SMILES string of the molecule is CC(=O)N(C)c1ccc(NC(=O)C(C)Oc2ccc(Cl)cc2)cc1. The molecule has 2 rings (SSSR count). The van der Waals surface area contributed by atoms with Gasteiger partial charge in [0.15, 0.2) is 6.10 Å². The van der Waals surface area contributed by atoms with Gasteiger partial charge in [-0.3, -0.25) is 9.59 Å². The molecule has 1 unspecified atom stereocenters. The highest BCUT2D eigenvalue weighted by atomic mass is 35.5. The molecule has 0 bridgehead atoms. The fourth-order valence-electron chi connectivity index (χ4n) is 1.96. The summed E-state index contributed by atoms with van der Waals surface area (Å²) in [6.45, 7) is 3.16. The van der Waals surface area contributed by atoms with Gasteiger partial charge >= 0.3 is 0 Å². The van der Waals surface area contributed by atoms with Crippen molar-refractivity contribution in [3.05, 3.63) is 53.6 Å². The van der Waals surface area contributed by atoms with E-state index in [2.05, 4.69) is 5.32 Å². The van der Waals surface area contributed by atoms with Crippen LogP contribution in [0.5, 0.6) is 5.75 Å². The Kier molecular flexibility index (Phi) is 5.82. The van der Waals surface area contributed by atoms with Crippen LogP contribution in [0.2, 0.25) is 5.02 Å². The summed E-state index contributed by atoms with van der Waals surface area (Å²) in [5.41, 5.74) is 1.39. The monoisotopic (exact) mass is 346 g/mol. The van der Waals surface area contributed by atoms with Crippen LogP contribution in [0, 0.1) is 0 Å². The van der Waals surface area contributed by atoms with Crippen molar-refractivity contribution >= 4 is 34.8 Å². The molecule has 0 fully saturated rings. The van der Waals surface area contributed by atoms with Gasteiger partial charge in [0.2, 0.25) is 5.91 Å². The number of ether oxygens (including phenoxy) is 1. The van der Waals surface area contributed by atoms with E-state index in [0.717, 1.165) is 5.69 Å². The van der Waals surface area contributed by atoms with Crippen molar-refractivity contribution in [1.82, 2.24) is 0 Å². The van der Waals surface area contributed by atoms with Gasteiger partial charge in [-0.15, -0.1) is 0 Å². The second kappa shape index (κ2) is 7.84. The van der Waals surface area contributed by atoms with Gasteiger partial charge in [0, 0.05) is 30.4 Å². The van der Waals surface area contributed by atoms with Crippen molar-refractivity contribution in [1.29, 1.82) is 0 Å². The average Bonchev–Trinajstić information content (AvgIpc) is 2.56. The number of nitrogens with zero attached hydrogens (tertiary/aromatic N) is 1. The number of amides is 2. The highest BCUT2D eigenvalue weighted by Crippen LogP contribution is 2.19. The lowest BCUT2D eigenvalue weighted by Crippen LogP contribution is -2.30. The van der Waals surface area contributed by atoms with Gasteiger partial charge in [-0.2, -0.15) is 0 Å². The topological polar surface area (TPSA) is 58.6 Å². The van der Waals surface area contributed by atoms with Crippen molar-refractivity contribution in [2.45, 2.75) is 20.0 Å². The molecule has 6 heteroatoms. The van der Waals surface area contributed by atoms with E-state index in [0.29, 0.717) is 16.5 Å². The van der Waals surface area contributed by atoms with Gasteiger partial charge in [0.25, 0.3) is 5.91 Å². The van der Waals surface area contributed by atoms with E-state index < -0.39 is 6.10 Å². The van der Waals surface area contributed by atoms with E-state index in [1.165, 1.54) is 11.8 Å². The number of carbonyl (C=O) groups is 2. The summed E-state index contributed by atoms with van der Waals surface area (Å²) >= 11 is 5.81. The molecule has 5 nitrogen and oxygen atoms in total. The normalized spacial score (nSPS) is 11.5. The number of benzene rings is 2. The zero-order chi connectivity index (χ0) is 17.7. The first-order chi connectivity index (χ1) is 11.4. The predicted molar refractivity (Wildman–Crippen MR) is 95.7 cm³/mol. The van der Waals surface area contributed by atoms with Crippen molar-refractivity contribution in [3.8, 4) is 5.75 Å². The number of nitrogens with one attached hydrogen (secondary N) is 1. The quantitative estimate of drug-likeness (QED) is 0.897. The summed E-state index contributed by atoms with van der Waals surface area (Å²) in [5, 5.41) is 3.38. The summed E-state index contributed by atoms with van der Waals surface area (Å²) in [6, 6.07) is 13.8. The van der Waals surface area contributed by atoms with E-state index in [1.54, 1.807) is 62.5 Å². The largest absolute Gasteiger partial charge is 0.481 e. The van der Waals surface area contributed by atoms with Crippen LogP contribution in [0.3, 0.4) is 0 Å². The summed E-state index contributed by atoms with van der Waals surface area (Å²) < 4.78 is 5.57. The van der Waals surface area contributed by atoms with E-state index in [-0.39, 0.29) is 11.8 Å². The van der Waals surface area contributed by atoms with Crippen molar-refractivity contribution in [2.24, 2.45) is 0 Å². The Balaban J connectivity index is 1.95. The van der Waals surface area contributed by atoms with Crippen molar-refractivity contribution in [3.63, 3.8) is 0 Å². The minimum atomic E-state index is -0.661. The molecule has 2 aromatic carbocycles. The number of halogens is 1. The third-order valence-electron chi connectivity index (χ3n) is 3.49. The highest BCUT2D eigenvalue weighted by Gasteiger charge is 2.15. The molecule has 0 spiro atoms. The van der Waals surface area contributed by atoms with Crippen LogP contribution in [0.15, 0.2) is 48.5 Å². The minimum absolute atomic E-state index is 0.0585. The lowest BCUT2D eigenvalue weighted by Gasteiger charge is -2.17. The summed E-state index contributed by atoms with van der Waals surface area (Å²) in [5.74, 6) is 0.245. The molecule has 1 atom stereocenters. The van der Waals surface area contributed by atoms with Crippen molar-refractivity contribution < 1.29 is 14.3 Å². The Morgan fingerprint density at radius 3 is 2.21 bits per heavy atom. The summed E-state index contributed by atoms with van der Waals surface area (Å²) in [6.07, 6.45) is -0.661. The van der Waals surface area contributed by atoms with Crippen LogP contribution in [0.25, 0.3) is 0 Å². The van der Waals surface area contributed by atoms with E-state index in [4.69, 9.17) is 16.3 Å². The molecule has 0 aliphatic heterocycles. The number of hydrogen-bond acceptors (Lipinski definition) is 3. The van der Waals surface area contributed by atoms with Gasteiger partial charge in [-0.05, 0) is 55.5 Å². The molecule has 0 aromatic heterocycles. The van der Waals surface area contributed by atoms with Gasteiger partial charge in [0.1, 0.15) is 5.75 Å². The Hall–Kier alpha value is -2.53. The molecule has 0 saturated heterocycles. The van der Waals surface area contributed by atoms with Crippen LogP contribution in [0.4, 0.5) is 11.4 Å². The smallest absolute Gasteiger partial charge is 0.265 e. The van der Waals surface area contributed by atoms with Crippen LogP contribution in [-0.2, 0) is 9.59 Å². The summed E-state index contributed by atoms with van der Waals surface area (Å²) in [4.78, 5) is 25.0. The predicted octanol–water partition coefficient (Wildman–Crippen LogP) is 3.73. The maximum atomic E-state index is 12.2. The third kappa shape index (κ3) is 4.73. The molecule has 1 N–H and O–H groups in total. The van der Waals surface area contributed by atoms with Crippen LogP contribution in [-0.4, -0.2) is 25.0 Å². The standard InChI is InChI=1S/C18H19ClN2O3/c1-12(24-17-10-4-14(19)5-11-17)18(23)20-15-6-8-16(9-7-15)21(3)13(2)22/h4-12H,1-3H3,(H,20,23). The van der Waals surface area contributed by atoms with Crippen LogP contribution >= 0.6 is 11.6 Å². The molecule has 2 amide bonds. The minimum Gasteiger partial charge on any atom is -0.481 e. The second-order valence-corrected chi connectivity index (χ2v) is 5.76. The molecule has 0 saturated carbocycles. The third-order valence-corrected chi connectivity index (χ3v) is 3.74. The van der Waals surface area contributed by atoms with Crippen LogP contribution < -0.4 is 15.0 Å². The van der Waals surface area contributed by atoms with Crippen molar-refractivity contribution in [2.75, 3.05) is 17.3 Å². The molecule has 2 aromatic rings. The fourth-order valence-corrected chi connectivity index (χ4v) is 2.09. The Labute approximate surface area is 146 Å². The molecule has 0 radical (unpaired) electrons. The lowest BCUT2D eigenvalue weighted by atomic mass is 10.2. The Bertz CT molecular complexity index is 714. The number of anilines is 2. The van der Waals surface area contributed by atoms with Gasteiger partial charge in [-0.25, -0.2) is 0 Å². The molecular formula is C18H19ClN2O3. The number of hydrogen-bond donors (Lipinski definition) is 1. The zero-order valence-electron chi connectivity index (χ0n) is 13.7. The first-order valence-electron chi connectivity index (χ1n) is 7.44. The van der Waals surface area contributed by atoms with E-state index >= 15 is 0 Å². The van der Waals surface area contributed by atoms with Gasteiger partial charge in [0.05, 0.1) is 0 Å². The molecule has 0 heterocycles. The molecule has 0 aliphatic carbocycles. The zero-order valence-corrected chi connectivity index (χ0v) is 14.5. The molecule has 24 heavy (non-hydrogen) atoms. The van der Waals surface area contributed by atoms with E-state index in [9.17, 15) is 9.59 Å². The first-order valence-corrected chi connectivity index (χ1v) is 7.82.